The van der Waals surface area contributed by atoms with Crippen molar-refractivity contribution in [3.63, 3.8) is 0 Å². The number of furan rings is 1. The maximum Gasteiger partial charge on any atom is 0.273 e. The van der Waals surface area contributed by atoms with Gasteiger partial charge in [0.1, 0.15) is 11.5 Å². The summed E-state index contributed by atoms with van der Waals surface area (Å²) in [5.41, 5.74) is 5.59. The Bertz CT molecular complexity index is 791. The molecular formula is C15H14BrN3O4S. The lowest BCUT2D eigenvalue weighted by molar-refractivity contribution is 0.0933. The van der Waals surface area contributed by atoms with E-state index in [9.17, 15) is 9.59 Å². The molecule has 2 rings (SSSR count). The number of rotatable bonds is 3. The van der Waals surface area contributed by atoms with Crippen molar-refractivity contribution in [2.24, 2.45) is 0 Å². The van der Waals surface area contributed by atoms with Crippen LogP contribution in [0.4, 0.5) is 0 Å². The molecule has 0 saturated heterocycles. The number of hydrogen-bond donors (Lipinski definition) is 3. The molecule has 3 N–H and O–H groups in total. The molecule has 0 aliphatic rings. The highest BCUT2D eigenvalue weighted by Gasteiger charge is 2.13. The van der Waals surface area contributed by atoms with Crippen LogP contribution >= 0.6 is 28.1 Å². The Morgan fingerprint density at radius 3 is 2.54 bits per heavy atom. The second-order valence-electron chi connectivity index (χ2n) is 4.60. The van der Waals surface area contributed by atoms with Gasteiger partial charge >= 0.3 is 0 Å². The summed E-state index contributed by atoms with van der Waals surface area (Å²) in [4.78, 5) is 24.0. The fourth-order valence-corrected chi connectivity index (χ4v) is 2.50. The van der Waals surface area contributed by atoms with E-state index in [1.807, 2.05) is 0 Å². The maximum atomic E-state index is 12.1. The number of halogens is 1. The van der Waals surface area contributed by atoms with Crippen LogP contribution in [0.25, 0.3) is 0 Å². The molecular weight excluding hydrogens is 398 g/mol. The summed E-state index contributed by atoms with van der Waals surface area (Å²) in [7, 11) is 1.53. The van der Waals surface area contributed by atoms with Crippen LogP contribution in [0.1, 0.15) is 26.5 Å². The minimum Gasteiger partial charge on any atom is -0.496 e. The third-order valence-electron chi connectivity index (χ3n) is 3.03. The highest BCUT2D eigenvalue weighted by atomic mass is 79.9. The first-order valence-corrected chi connectivity index (χ1v) is 7.91. The molecule has 0 aliphatic carbocycles. The number of aryl methyl sites for hydroxylation is 1. The van der Waals surface area contributed by atoms with Gasteiger partial charge in [0.25, 0.3) is 11.8 Å². The Morgan fingerprint density at radius 2 is 1.96 bits per heavy atom. The normalized spacial score (nSPS) is 9.96. The first-order chi connectivity index (χ1) is 11.4. The van der Waals surface area contributed by atoms with Crippen molar-refractivity contribution in [1.82, 2.24) is 16.2 Å². The molecule has 0 aliphatic heterocycles. The Hall–Kier alpha value is -2.39. The Balaban J connectivity index is 1.90. The molecule has 0 atom stereocenters. The zero-order valence-electron chi connectivity index (χ0n) is 12.8. The number of carbonyl (C=O) groups is 2. The maximum absolute atomic E-state index is 12.1. The molecule has 9 heteroatoms. The first kappa shape index (κ1) is 18.0. The van der Waals surface area contributed by atoms with Crippen molar-refractivity contribution in [3.8, 4) is 5.75 Å². The van der Waals surface area contributed by atoms with Gasteiger partial charge in [-0.1, -0.05) is 0 Å². The Labute approximate surface area is 151 Å². The SMILES string of the molecule is COc1ccc(C(=O)NC(=S)NNC(=O)c2ccoc2C)cc1Br. The monoisotopic (exact) mass is 411 g/mol. The van der Waals surface area contributed by atoms with Crippen molar-refractivity contribution < 1.29 is 18.7 Å². The molecule has 1 heterocycles. The van der Waals surface area contributed by atoms with Gasteiger partial charge in [0.05, 0.1) is 23.4 Å². The van der Waals surface area contributed by atoms with Crippen molar-refractivity contribution in [2.75, 3.05) is 7.11 Å². The lowest BCUT2D eigenvalue weighted by atomic mass is 10.2. The lowest BCUT2D eigenvalue weighted by Gasteiger charge is -2.11. The smallest absolute Gasteiger partial charge is 0.273 e. The van der Waals surface area contributed by atoms with Crippen molar-refractivity contribution in [1.29, 1.82) is 0 Å². The molecule has 0 radical (unpaired) electrons. The molecule has 0 bridgehead atoms. The summed E-state index contributed by atoms with van der Waals surface area (Å²) in [6, 6.07) is 6.38. The van der Waals surface area contributed by atoms with Gasteiger partial charge in [0, 0.05) is 5.56 Å². The summed E-state index contributed by atoms with van der Waals surface area (Å²) >= 11 is 8.28. The topological polar surface area (TPSA) is 92.6 Å². The molecule has 126 valence electrons. The van der Waals surface area contributed by atoms with Crippen LogP contribution in [0, 0.1) is 6.92 Å². The summed E-state index contributed by atoms with van der Waals surface area (Å²) < 4.78 is 10.8. The van der Waals surface area contributed by atoms with Gasteiger partial charge in [-0.2, -0.15) is 0 Å². The highest BCUT2D eigenvalue weighted by Crippen LogP contribution is 2.25. The number of hydrazine groups is 1. The van der Waals surface area contributed by atoms with Crippen LogP contribution in [0.3, 0.4) is 0 Å². The number of ether oxygens (including phenoxy) is 1. The van der Waals surface area contributed by atoms with E-state index < -0.39 is 11.8 Å². The third kappa shape index (κ3) is 4.33. The van der Waals surface area contributed by atoms with Crippen molar-refractivity contribution in [2.45, 2.75) is 6.92 Å². The van der Waals surface area contributed by atoms with E-state index in [2.05, 4.69) is 32.1 Å². The predicted octanol–water partition coefficient (Wildman–Crippen LogP) is 2.31. The quantitative estimate of drug-likeness (QED) is 0.530. The van der Waals surface area contributed by atoms with Crippen LogP contribution in [0.5, 0.6) is 5.75 Å². The van der Waals surface area contributed by atoms with Gasteiger partial charge in [-0.25, -0.2) is 0 Å². The molecule has 24 heavy (non-hydrogen) atoms. The second kappa shape index (κ2) is 7.93. The molecule has 0 saturated carbocycles. The highest BCUT2D eigenvalue weighted by molar-refractivity contribution is 9.10. The summed E-state index contributed by atoms with van der Waals surface area (Å²) in [6.45, 7) is 1.66. The van der Waals surface area contributed by atoms with Gasteiger partial charge in [0.15, 0.2) is 5.11 Å². The number of carbonyl (C=O) groups excluding carboxylic acids is 2. The minimum atomic E-state index is -0.426. The third-order valence-corrected chi connectivity index (χ3v) is 3.86. The fraction of sp³-hybridized carbons (Fsp3) is 0.133. The molecule has 0 fully saturated rings. The zero-order valence-corrected chi connectivity index (χ0v) is 15.2. The first-order valence-electron chi connectivity index (χ1n) is 6.71. The van der Waals surface area contributed by atoms with Crippen molar-refractivity contribution in [3.05, 3.63) is 51.9 Å². The van der Waals surface area contributed by atoms with Gasteiger partial charge in [0.2, 0.25) is 0 Å². The Morgan fingerprint density at radius 1 is 1.21 bits per heavy atom. The molecule has 1 aromatic heterocycles. The largest absolute Gasteiger partial charge is 0.496 e. The zero-order chi connectivity index (χ0) is 17.7. The van der Waals surface area contributed by atoms with E-state index in [-0.39, 0.29) is 5.11 Å². The van der Waals surface area contributed by atoms with Crippen molar-refractivity contribution >= 4 is 45.1 Å². The standard InChI is InChI=1S/C15H14BrN3O4S/c1-8-10(5-6-23-8)14(21)18-19-15(24)17-13(20)9-3-4-12(22-2)11(16)7-9/h3-7H,1-2H3,(H,18,21)(H2,17,19,20,24). The average Bonchev–Trinajstić information content (AvgIpc) is 2.98. The van der Waals surface area contributed by atoms with Crippen LogP contribution < -0.4 is 20.9 Å². The average molecular weight is 412 g/mol. The number of benzene rings is 1. The van der Waals surface area contributed by atoms with E-state index in [0.29, 0.717) is 27.1 Å². The number of amides is 2. The predicted molar refractivity (Wildman–Crippen MR) is 94.8 cm³/mol. The summed E-state index contributed by atoms with van der Waals surface area (Å²) in [6.07, 6.45) is 1.41. The fourth-order valence-electron chi connectivity index (χ4n) is 1.82. The van der Waals surface area contributed by atoms with Crippen LogP contribution in [0.15, 0.2) is 39.4 Å². The van der Waals surface area contributed by atoms with Gasteiger partial charge in [-0.15, -0.1) is 0 Å². The van der Waals surface area contributed by atoms with Gasteiger partial charge in [-0.3, -0.25) is 25.8 Å². The van der Waals surface area contributed by atoms with E-state index >= 15 is 0 Å². The molecule has 7 nitrogen and oxygen atoms in total. The molecule has 2 aromatic rings. The molecule has 0 unspecified atom stereocenters. The molecule has 0 spiro atoms. The lowest BCUT2D eigenvalue weighted by Crippen LogP contribution is -2.48. The summed E-state index contributed by atoms with van der Waals surface area (Å²) in [5, 5.41) is 2.42. The van der Waals surface area contributed by atoms with Gasteiger partial charge in [-0.05, 0) is 59.3 Å². The number of hydrogen-bond acceptors (Lipinski definition) is 5. The van der Waals surface area contributed by atoms with E-state index in [4.69, 9.17) is 21.4 Å². The number of nitrogens with one attached hydrogen (secondary N) is 3. The van der Waals surface area contributed by atoms with E-state index in [0.717, 1.165) is 0 Å². The summed E-state index contributed by atoms with van der Waals surface area (Å²) in [5.74, 6) is 0.233. The minimum absolute atomic E-state index is 0.0403. The van der Waals surface area contributed by atoms with E-state index in [1.165, 1.54) is 19.4 Å². The molecule has 1 aromatic carbocycles. The number of thiocarbonyl (C=S) groups is 1. The molecule has 2 amide bonds. The van der Waals surface area contributed by atoms with Crippen LogP contribution in [0.2, 0.25) is 0 Å². The second-order valence-corrected chi connectivity index (χ2v) is 5.86. The van der Waals surface area contributed by atoms with Crippen LogP contribution in [-0.2, 0) is 0 Å². The number of methoxy groups -OCH3 is 1. The van der Waals surface area contributed by atoms with Gasteiger partial charge < -0.3 is 9.15 Å². The van der Waals surface area contributed by atoms with E-state index in [1.54, 1.807) is 25.1 Å². The van der Waals surface area contributed by atoms with Crippen LogP contribution in [-0.4, -0.2) is 24.0 Å². The Kier molecular flexibility index (Phi) is 5.93.